The summed E-state index contributed by atoms with van der Waals surface area (Å²) in [4.78, 5) is 10.3. The lowest BCUT2D eigenvalue weighted by atomic mass is 10.4. The number of hydrogen-bond acceptors (Lipinski definition) is 3. The fourth-order valence-corrected chi connectivity index (χ4v) is 1.40. The van der Waals surface area contributed by atoms with Crippen molar-refractivity contribution >= 4 is 28.5 Å². The summed E-state index contributed by atoms with van der Waals surface area (Å²) in [5, 5.41) is 2.53. The average molecular weight is 251 g/mol. The van der Waals surface area contributed by atoms with Gasteiger partial charge in [0.2, 0.25) is 5.28 Å². The molecule has 2 rings (SSSR count). The average Bonchev–Trinajstić information content (AvgIpc) is 2.60. The van der Waals surface area contributed by atoms with Crippen molar-refractivity contribution in [1.29, 1.82) is 0 Å². The first kappa shape index (κ1) is 11.0. The third-order valence-corrected chi connectivity index (χ3v) is 2.01. The first-order valence-electron chi connectivity index (χ1n) is 4.27. The van der Waals surface area contributed by atoms with Gasteiger partial charge in [0.1, 0.15) is 18.0 Å². The van der Waals surface area contributed by atoms with Crippen LogP contribution >= 0.6 is 11.6 Å². The molecule has 2 heterocycles. The van der Waals surface area contributed by atoms with E-state index in [1.165, 1.54) is 0 Å². The Kier molecular flexibility index (Phi) is 2.63. The Bertz CT molecular complexity index is 507. The Balaban J connectivity index is 2.32. The summed E-state index contributed by atoms with van der Waals surface area (Å²) >= 11 is 5.57. The molecule has 0 bridgehead atoms. The topological polar surface area (TPSA) is 53.6 Å². The number of nitrogens with zero attached hydrogens (tertiary/aromatic N) is 2. The van der Waals surface area contributed by atoms with E-state index >= 15 is 0 Å². The number of anilines is 1. The summed E-state index contributed by atoms with van der Waals surface area (Å²) in [5.41, 5.74) is 0.393. The van der Waals surface area contributed by atoms with Gasteiger partial charge in [-0.25, -0.2) is 4.98 Å². The highest BCUT2D eigenvalue weighted by Crippen LogP contribution is 2.22. The lowest BCUT2D eigenvalue weighted by molar-refractivity contribution is -0.115. The van der Waals surface area contributed by atoms with Crippen LogP contribution in [-0.2, 0) is 0 Å². The van der Waals surface area contributed by atoms with E-state index in [1.54, 1.807) is 12.3 Å². The molecule has 4 nitrogen and oxygen atoms in total. The maximum Gasteiger partial charge on any atom is 0.405 e. The summed E-state index contributed by atoms with van der Waals surface area (Å²) in [7, 11) is 0. The molecular formula is C8H6ClF3N4. The highest BCUT2D eigenvalue weighted by atomic mass is 35.5. The predicted octanol–water partition coefficient (Wildman–Crippen LogP) is 2.59. The smallest absolute Gasteiger partial charge is 0.360 e. The number of fused-ring (bicyclic) bond motifs is 1. The van der Waals surface area contributed by atoms with Gasteiger partial charge in [-0.2, -0.15) is 18.2 Å². The lowest BCUT2D eigenvalue weighted by Crippen LogP contribution is -2.22. The van der Waals surface area contributed by atoms with E-state index in [1.807, 2.05) is 0 Å². The minimum atomic E-state index is -4.31. The van der Waals surface area contributed by atoms with Gasteiger partial charge in [0, 0.05) is 6.20 Å². The first-order chi connectivity index (χ1) is 7.46. The monoisotopic (exact) mass is 250 g/mol. The van der Waals surface area contributed by atoms with Crippen LogP contribution in [0.25, 0.3) is 11.0 Å². The van der Waals surface area contributed by atoms with Gasteiger partial charge in [-0.05, 0) is 17.7 Å². The largest absolute Gasteiger partial charge is 0.405 e. The lowest BCUT2D eigenvalue weighted by Gasteiger charge is -2.09. The zero-order chi connectivity index (χ0) is 11.8. The molecule has 0 radical (unpaired) electrons. The van der Waals surface area contributed by atoms with Crippen LogP contribution in [0.3, 0.4) is 0 Å². The third kappa shape index (κ3) is 2.35. The van der Waals surface area contributed by atoms with Crippen LogP contribution in [0.2, 0.25) is 5.28 Å². The summed E-state index contributed by atoms with van der Waals surface area (Å²) < 4.78 is 36.1. The molecule has 0 aromatic carbocycles. The van der Waals surface area contributed by atoms with E-state index < -0.39 is 12.7 Å². The van der Waals surface area contributed by atoms with Crippen LogP contribution in [0, 0.1) is 0 Å². The van der Waals surface area contributed by atoms with Gasteiger partial charge in [-0.3, -0.25) is 0 Å². The van der Waals surface area contributed by atoms with Crippen LogP contribution in [-0.4, -0.2) is 27.7 Å². The van der Waals surface area contributed by atoms with E-state index in [4.69, 9.17) is 11.6 Å². The van der Waals surface area contributed by atoms with Gasteiger partial charge in [0.25, 0.3) is 0 Å². The minimum absolute atomic E-state index is 0.0635. The zero-order valence-electron chi connectivity index (χ0n) is 7.77. The van der Waals surface area contributed by atoms with Crippen molar-refractivity contribution in [2.45, 2.75) is 6.18 Å². The fraction of sp³-hybridized carbons (Fsp3) is 0.250. The summed E-state index contributed by atoms with van der Waals surface area (Å²) in [6.45, 7) is -1.17. The van der Waals surface area contributed by atoms with Crippen molar-refractivity contribution in [3.05, 3.63) is 17.5 Å². The van der Waals surface area contributed by atoms with E-state index in [0.29, 0.717) is 11.0 Å². The molecule has 8 heteroatoms. The molecule has 0 aliphatic rings. The summed E-state index contributed by atoms with van der Waals surface area (Å²) in [5.74, 6) is 0.0635. The minimum Gasteiger partial charge on any atom is -0.360 e. The quantitative estimate of drug-likeness (QED) is 0.806. The van der Waals surface area contributed by atoms with Gasteiger partial charge in [-0.1, -0.05) is 0 Å². The zero-order valence-corrected chi connectivity index (χ0v) is 8.52. The van der Waals surface area contributed by atoms with E-state index in [2.05, 4.69) is 20.3 Å². The molecule has 86 valence electrons. The molecule has 0 atom stereocenters. The summed E-state index contributed by atoms with van der Waals surface area (Å²) in [6, 6.07) is 1.57. The van der Waals surface area contributed by atoms with Crippen molar-refractivity contribution in [3.8, 4) is 0 Å². The highest BCUT2D eigenvalue weighted by molar-refractivity contribution is 6.28. The Morgan fingerprint density at radius 1 is 1.38 bits per heavy atom. The predicted molar refractivity (Wildman–Crippen MR) is 53.4 cm³/mol. The van der Waals surface area contributed by atoms with Crippen LogP contribution in [0.5, 0.6) is 0 Å². The Morgan fingerprint density at radius 3 is 2.81 bits per heavy atom. The molecule has 0 aliphatic heterocycles. The number of H-pyrrole nitrogens is 1. The van der Waals surface area contributed by atoms with E-state index in [9.17, 15) is 13.2 Å². The number of rotatable bonds is 2. The number of hydrogen-bond donors (Lipinski definition) is 2. The van der Waals surface area contributed by atoms with Crippen molar-refractivity contribution < 1.29 is 13.2 Å². The molecule has 0 spiro atoms. The van der Waals surface area contributed by atoms with Crippen LogP contribution < -0.4 is 5.32 Å². The second kappa shape index (κ2) is 3.82. The maximum absolute atomic E-state index is 12.0. The molecule has 0 saturated heterocycles. The molecule has 0 fully saturated rings. The van der Waals surface area contributed by atoms with Crippen LogP contribution in [0.4, 0.5) is 19.0 Å². The Labute approximate surface area is 92.8 Å². The molecule has 0 aliphatic carbocycles. The molecule has 0 amide bonds. The van der Waals surface area contributed by atoms with Crippen LogP contribution in [0.15, 0.2) is 12.3 Å². The SMILES string of the molecule is FC(F)(F)CNc1nc(Cl)nc2[nH]ccc12. The number of aromatic nitrogens is 3. The van der Waals surface area contributed by atoms with Gasteiger partial charge >= 0.3 is 6.18 Å². The molecule has 0 saturated carbocycles. The standard InChI is InChI=1S/C8H6ClF3N4/c9-7-15-5-4(1-2-13-5)6(16-7)14-3-8(10,11)12/h1-2H,3H2,(H2,13,14,15,16). The second-order valence-electron chi connectivity index (χ2n) is 3.05. The fourth-order valence-electron chi connectivity index (χ4n) is 1.23. The van der Waals surface area contributed by atoms with Gasteiger partial charge in [-0.15, -0.1) is 0 Å². The van der Waals surface area contributed by atoms with Gasteiger partial charge in [0.05, 0.1) is 5.39 Å². The molecule has 0 unspecified atom stereocenters. The van der Waals surface area contributed by atoms with Gasteiger partial charge in [0.15, 0.2) is 0 Å². The van der Waals surface area contributed by atoms with Crippen molar-refractivity contribution in [2.75, 3.05) is 11.9 Å². The Morgan fingerprint density at radius 2 is 2.12 bits per heavy atom. The van der Waals surface area contributed by atoms with E-state index in [0.717, 1.165) is 0 Å². The number of nitrogens with one attached hydrogen (secondary N) is 2. The second-order valence-corrected chi connectivity index (χ2v) is 3.39. The van der Waals surface area contributed by atoms with Crippen LogP contribution in [0.1, 0.15) is 0 Å². The number of halogens is 4. The molecular weight excluding hydrogens is 245 g/mol. The summed E-state index contributed by atoms with van der Waals surface area (Å²) in [6.07, 6.45) is -2.76. The van der Waals surface area contributed by atoms with Gasteiger partial charge < -0.3 is 10.3 Å². The van der Waals surface area contributed by atoms with Crippen molar-refractivity contribution in [1.82, 2.24) is 15.0 Å². The Hall–Kier alpha value is -1.50. The molecule has 2 N–H and O–H groups in total. The number of alkyl halides is 3. The van der Waals surface area contributed by atoms with E-state index in [-0.39, 0.29) is 11.1 Å². The van der Waals surface area contributed by atoms with Crippen molar-refractivity contribution in [3.63, 3.8) is 0 Å². The molecule has 2 aromatic rings. The highest BCUT2D eigenvalue weighted by Gasteiger charge is 2.27. The molecule has 16 heavy (non-hydrogen) atoms. The number of aromatic amines is 1. The first-order valence-corrected chi connectivity index (χ1v) is 4.65. The normalized spacial score (nSPS) is 12.0. The molecule has 2 aromatic heterocycles. The maximum atomic E-state index is 12.0. The third-order valence-electron chi connectivity index (χ3n) is 1.84. The van der Waals surface area contributed by atoms with Crippen molar-refractivity contribution in [2.24, 2.45) is 0 Å².